The fourth-order valence-electron chi connectivity index (χ4n) is 3.31. The number of benzene rings is 1. The fourth-order valence-corrected chi connectivity index (χ4v) is 4.63. The molecule has 1 heterocycles. The number of aryl methyl sites for hydroxylation is 1. The summed E-state index contributed by atoms with van der Waals surface area (Å²) in [6, 6.07) is 3.89. The van der Waals surface area contributed by atoms with Crippen molar-refractivity contribution in [2.45, 2.75) is 50.3 Å². The van der Waals surface area contributed by atoms with Crippen molar-refractivity contribution in [1.82, 2.24) is 9.55 Å². The van der Waals surface area contributed by atoms with E-state index in [1.165, 1.54) is 12.5 Å². The number of thioether (sulfide) groups is 1. The molecule has 1 aliphatic carbocycles. The number of aromatic nitrogens is 2. The van der Waals surface area contributed by atoms with E-state index in [-0.39, 0.29) is 5.82 Å². The topological polar surface area (TPSA) is 17.8 Å². The highest BCUT2D eigenvalue weighted by molar-refractivity contribution is 7.99. The third kappa shape index (κ3) is 2.80. The lowest BCUT2D eigenvalue weighted by Crippen LogP contribution is -2.09. The second kappa shape index (κ2) is 6.17. The van der Waals surface area contributed by atoms with Gasteiger partial charge in [-0.05, 0) is 43.6 Å². The van der Waals surface area contributed by atoms with Gasteiger partial charge in [0, 0.05) is 17.4 Å². The summed E-state index contributed by atoms with van der Waals surface area (Å²) in [6.45, 7) is 4.01. The SMILES string of the molecule is CCSC1CCC(n2c(CCl)nc3cc(F)c(C)cc32)C1. The van der Waals surface area contributed by atoms with Crippen LogP contribution in [-0.4, -0.2) is 20.6 Å². The molecule has 1 aliphatic rings. The Kier molecular flexibility index (Phi) is 4.46. The summed E-state index contributed by atoms with van der Waals surface area (Å²) >= 11 is 8.11. The van der Waals surface area contributed by atoms with E-state index in [1.54, 1.807) is 6.92 Å². The summed E-state index contributed by atoms with van der Waals surface area (Å²) in [6.07, 6.45) is 3.55. The molecule has 21 heavy (non-hydrogen) atoms. The van der Waals surface area contributed by atoms with Crippen molar-refractivity contribution in [3.05, 3.63) is 29.3 Å². The van der Waals surface area contributed by atoms with E-state index in [2.05, 4.69) is 16.5 Å². The number of imidazole rings is 1. The number of fused-ring (bicyclic) bond motifs is 1. The highest BCUT2D eigenvalue weighted by atomic mass is 35.5. The Hall–Kier alpha value is -0.740. The first-order valence-corrected chi connectivity index (χ1v) is 9.06. The number of hydrogen-bond acceptors (Lipinski definition) is 2. The smallest absolute Gasteiger partial charge is 0.128 e. The van der Waals surface area contributed by atoms with Crippen LogP contribution in [0.2, 0.25) is 0 Å². The van der Waals surface area contributed by atoms with E-state index in [9.17, 15) is 4.39 Å². The van der Waals surface area contributed by atoms with E-state index < -0.39 is 0 Å². The Morgan fingerprint density at radius 2 is 2.24 bits per heavy atom. The van der Waals surface area contributed by atoms with Crippen LogP contribution in [0.15, 0.2) is 12.1 Å². The largest absolute Gasteiger partial charge is 0.324 e. The van der Waals surface area contributed by atoms with E-state index >= 15 is 0 Å². The van der Waals surface area contributed by atoms with Crippen LogP contribution in [0.3, 0.4) is 0 Å². The lowest BCUT2D eigenvalue weighted by atomic mass is 10.2. The highest BCUT2D eigenvalue weighted by Gasteiger charge is 2.28. The zero-order chi connectivity index (χ0) is 15.0. The number of nitrogens with zero attached hydrogens (tertiary/aromatic N) is 2. The maximum absolute atomic E-state index is 13.7. The molecule has 2 nitrogen and oxygen atoms in total. The van der Waals surface area contributed by atoms with Crippen molar-refractivity contribution in [1.29, 1.82) is 0 Å². The molecule has 0 bridgehead atoms. The average Bonchev–Trinajstić information content (AvgIpc) is 3.04. The lowest BCUT2D eigenvalue weighted by molar-refractivity contribution is 0.519. The molecule has 1 aromatic heterocycles. The van der Waals surface area contributed by atoms with Crippen molar-refractivity contribution in [2.75, 3.05) is 5.75 Å². The number of hydrogen-bond donors (Lipinski definition) is 0. The first-order valence-electron chi connectivity index (χ1n) is 7.48. The maximum Gasteiger partial charge on any atom is 0.128 e. The molecule has 2 aromatic rings. The van der Waals surface area contributed by atoms with Crippen LogP contribution in [0.25, 0.3) is 11.0 Å². The van der Waals surface area contributed by atoms with Gasteiger partial charge >= 0.3 is 0 Å². The van der Waals surface area contributed by atoms with Gasteiger partial charge in [-0.1, -0.05) is 6.92 Å². The van der Waals surface area contributed by atoms with E-state index in [0.29, 0.717) is 17.5 Å². The van der Waals surface area contributed by atoms with Gasteiger partial charge in [0.2, 0.25) is 0 Å². The normalized spacial score (nSPS) is 22.3. The Balaban J connectivity index is 2.02. The second-order valence-corrected chi connectivity index (χ2v) is 7.51. The van der Waals surface area contributed by atoms with Gasteiger partial charge in [-0.25, -0.2) is 9.37 Å². The summed E-state index contributed by atoms with van der Waals surface area (Å²) in [5.41, 5.74) is 2.42. The van der Waals surface area contributed by atoms with Crippen molar-refractivity contribution < 1.29 is 4.39 Å². The summed E-state index contributed by atoms with van der Waals surface area (Å²) in [4.78, 5) is 4.53. The predicted octanol–water partition coefficient (Wildman–Crippen LogP) is 5.07. The summed E-state index contributed by atoms with van der Waals surface area (Å²) in [7, 11) is 0. The van der Waals surface area contributed by atoms with Crippen LogP contribution >= 0.6 is 23.4 Å². The third-order valence-corrected chi connectivity index (χ3v) is 5.76. The number of rotatable bonds is 4. The van der Waals surface area contributed by atoms with Crippen molar-refractivity contribution >= 4 is 34.4 Å². The molecule has 5 heteroatoms. The summed E-state index contributed by atoms with van der Waals surface area (Å²) in [5, 5.41) is 0.724. The first-order chi connectivity index (χ1) is 10.1. The zero-order valence-corrected chi connectivity index (χ0v) is 14.0. The first kappa shape index (κ1) is 15.2. The van der Waals surface area contributed by atoms with Gasteiger partial charge in [0.05, 0.1) is 16.9 Å². The number of alkyl halides is 1. The van der Waals surface area contributed by atoms with Gasteiger partial charge in [-0.2, -0.15) is 11.8 Å². The van der Waals surface area contributed by atoms with Gasteiger partial charge in [0.15, 0.2) is 0 Å². The van der Waals surface area contributed by atoms with Crippen LogP contribution in [-0.2, 0) is 5.88 Å². The van der Waals surface area contributed by atoms with Crippen molar-refractivity contribution in [3.63, 3.8) is 0 Å². The van der Waals surface area contributed by atoms with Crippen LogP contribution in [0.4, 0.5) is 4.39 Å². The molecule has 114 valence electrons. The Bertz CT molecular complexity index is 655. The van der Waals surface area contributed by atoms with E-state index in [4.69, 9.17) is 11.6 Å². The molecule has 0 radical (unpaired) electrons. The standard InChI is InChI=1S/C16H20ClFN2S/c1-3-21-12-5-4-11(7-12)20-15-6-10(2)13(18)8-14(15)19-16(20)9-17/h6,8,11-12H,3-5,7,9H2,1-2H3. The van der Waals surface area contributed by atoms with Gasteiger partial charge in [-0.3, -0.25) is 0 Å². The molecule has 1 aromatic carbocycles. The van der Waals surface area contributed by atoms with Crippen molar-refractivity contribution in [3.8, 4) is 0 Å². The molecule has 0 spiro atoms. The predicted molar refractivity (Wildman–Crippen MR) is 88.8 cm³/mol. The molecule has 2 atom stereocenters. The quantitative estimate of drug-likeness (QED) is 0.730. The molecule has 3 rings (SSSR count). The van der Waals surface area contributed by atoms with Crippen molar-refractivity contribution in [2.24, 2.45) is 0 Å². The lowest BCUT2D eigenvalue weighted by Gasteiger charge is -2.16. The fraction of sp³-hybridized carbons (Fsp3) is 0.562. The summed E-state index contributed by atoms with van der Waals surface area (Å²) < 4.78 is 16.0. The molecule has 0 N–H and O–H groups in total. The van der Waals surface area contributed by atoms with E-state index in [0.717, 1.165) is 40.7 Å². The molecular weight excluding hydrogens is 307 g/mol. The minimum absolute atomic E-state index is 0.195. The van der Waals surface area contributed by atoms with Crippen LogP contribution in [0.5, 0.6) is 0 Å². The monoisotopic (exact) mass is 326 g/mol. The summed E-state index contributed by atoms with van der Waals surface area (Å²) in [5.74, 6) is 2.20. The van der Waals surface area contributed by atoms with E-state index in [1.807, 2.05) is 17.8 Å². The molecule has 0 saturated heterocycles. The molecule has 1 fully saturated rings. The van der Waals surface area contributed by atoms with Gasteiger partial charge in [-0.15, -0.1) is 11.6 Å². The van der Waals surface area contributed by atoms with Gasteiger partial charge in [0.1, 0.15) is 11.6 Å². The zero-order valence-electron chi connectivity index (χ0n) is 12.4. The maximum atomic E-state index is 13.7. The molecule has 0 amide bonds. The Morgan fingerprint density at radius 3 is 2.95 bits per heavy atom. The van der Waals surface area contributed by atoms with Crippen LogP contribution < -0.4 is 0 Å². The Morgan fingerprint density at radius 1 is 1.43 bits per heavy atom. The minimum atomic E-state index is -0.195. The minimum Gasteiger partial charge on any atom is -0.324 e. The molecule has 1 saturated carbocycles. The van der Waals surface area contributed by atoms with Crippen LogP contribution in [0.1, 0.15) is 43.6 Å². The third-order valence-electron chi connectivity index (χ3n) is 4.29. The molecule has 2 unspecified atom stereocenters. The Labute approximate surface area is 134 Å². The van der Waals surface area contributed by atoms with Crippen LogP contribution in [0, 0.1) is 12.7 Å². The second-order valence-electron chi connectivity index (χ2n) is 5.67. The highest BCUT2D eigenvalue weighted by Crippen LogP contribution is 2.39. The van der Waals surface area contributed by atoms with Gasteiger partial charge < -0.3 is 4.57 Å². The van der Waals surface area contributed by atoms with Gasteiger partial charge in [0.25, 0.3) is 0 Å². The molecule has 0 aliphatic heterocycles. The average molecular weight is 327 g/mol. The number of halogens is 2. The molecular formula is C16H20ClFN2S.